The van der Waals surface area contributed by atoms with E-state index in [-0.39, 0.29) is 0 Å². The first-order valence-corrected chi connectivity index (χ1v) is 10.8. The minimum Gasteiger partial charge on any atom is -0.497 e. The van der Waals surface area contributed by atoms with Crippen LogP contribution in [0, 0.1) is 11.7 Å². The quantitative estimate of drug-likeness (QED) is 0.526. The fourth-order valence-electron chi connectivity index (χ4n) is 3.85. The highest BCUT2D eigenvalue weighted by atomic mass is 32.1. The van der Waals surface area contributed by atoms with E-state index >= 15 is 0 Å². The fraction of sp³-hybridized carbons (Fsp3) is 0.391. The molecule has 2 aromatic carbocycles. The van der Waals surface area contributed by atoms with Crippen LogP contribution < -0.4 is 9.64 Å². The number of benzene rings is 2. The average Bonchev–Trinajstić information content (AvgIpc) is 3.38. The monoisotopic (exact) mass is 423 g/mol. The van der Waals surface area contributed by atoms with E-state index in [9.17, 15) is 0 Å². The van der Waals surface area contributed by atoms with Crippen LogP contribution in [0.5, 0.6) is 5.75 Å². The van der Waals surface area contributed by atoms with Crippen molar-refractivity contribution in [2.45, 2.75) is 33.0 Å². The minimum atomic E-state index is 0.630. The number of hydrogen-bond acceptors (Lipinski definition) is 5. The summed E-state index contributed by atoms with van der Waals surface area (Å²) in [6, 6.07) is 16.7. The molecule has 4 rings (SSSR count). The van der Waals surface area contributed by atoms with Gasteiger partial charge in [-0.1, -0.05) is 29.8 Å². The van der Waals surface area contributed by atoms with Gasteiger partial charge in [-0.05, 0) is 68.9 Å². The molecule has 1 saturated heterocycles. The van der Waals surface area contributed by atoms with Crippen LogP contribution in [0.4, 0.5) is 5.95 Å². The lowest BCUT2D eigenvalue weighted by atomic mass is 10.2. The summed E-state index contributed by atoms with van der Waals surface area (Å²) in [5.74, 6) is 1.81. The SMILES string of the molecule is COc1ccc(CN(C)Cn2nc(N3CCCC3)n(-c3ccc(C)cc3)c2=S)cc1. The van der Waals surface area contributed by atoms with E-state index in [0.717, 1.165) is 41.8 Å². The van der Waals surface area contributed by atoms with Gasteiger partial charge in [0.25, 0.3) is 0 Å². The van der Waals surface area contributed by atoms with Gasteiger partial charge in [0.1, 0.15) is 5.75 Å². The first-order valence-electron chi connectivity index (χ1n) is 10.4. The second kappa shape index (κ2) is 9.02. The van der Waals surface area contributed by atoms with Crippen molar-refractivity contribution in [3.05, 3.63) is 64.4 Å². The van der Waals surface area contributed by atoms with Gasteiger partial charge in [0.05, 0.1) is 19.5 Å². The van der Waals surface area contributed by atoms with Crippen molar-refractivity contribution < 1.29 is 4.74 Å². The number of ether oxygens (including phenoxy) is 1. The van der Waals surface area contributed by atoms with Crippen molar-refractivity contribution in [3.63, 3.8) is 0 Å². The number of hydrogen-bond donors (Lipinski definition) is 0. The van der Waals surface area contributed by atoms with E-state index < -0.39 is 0 Å². The Labute approximate surface area is 183 Å². The summed E-state index contributed by atoms with van der Waals surface area (Å²) in [6.07, 6.45) is 2.40. The van der Waals surface area contributed by atoms with Gasteiger partial charge in [0, 0.05) is 19.6 Å². The Hall–Kier alpha value is -2.64. The molecular weight excluding hydrogens is 394 g/mol. The Morgan fingerprint density at radius 3 is 2.33 bits per heavy atom. The molecule has 6 nitrogen and oxygen atoms in total. The van der Waals surface area contributed by atoms with Gasteiger partial charge in [0.2, 0.25) is 10.7 Å². The first kappa shape index (κ1) is 20.6. The molecule has 7 heteroatoms. The lowest BCUT2D eigenvalue weighted by molar-refractivity contribution is 0.244. The zero-order valence-corrected chi connectivity index (χ0v) is 18.7. The Morgan fingerprint density at radius 1 is 1.03 bits per heavy atom. The summed E-state index contributed by atoms with van der Waals surface area (Å²) >= 11 is 5.87. The van der Waals surface area contributed by atoms with Gasteiger partial charge in [-0.2, -0.15) is 0 Å². The topological polar surface area (TPSA) is 38.5 Å². The van der Waals surface area contributed by atoms with Crippen molar-refractivity contribution >= 4 is 18.2 Å². The molecule has 30 heavy (non-hydrogen) atoms. The van der Waals surface area contributed by atoms with Gasteiger partial charge < -0.3 is 9.64 Å². The van der Waals surface area contributed by atoms with E-state index in [0.29, 0.717) is 6.67 Å². The van der Waals surface area contributed by atoms with E-state index in [2.05, 4.69) is 64.7 Å². The molecule has 3 aromatic rings. The molecule has 0 N–H and O–H groups in total. The minimum absolute atomic E-state index is 0.630. The Balaban J connectivity index is 1.60. The molecule has 0 aliphatic carbocycles. The van der Waals surface area contributed by atoms with Gasteiger partial charge >= 0.3 is 0 Å². The number of methoxy groups -OCH3 is 1. The number of rotatable bonds is 7. The zero-order chi connectivity index (χ0) is 21.1. The average molecular weight is 424 g/mol. The lowest BCUT2D eigenvalue weighted by Crippen LogP contribution is -2.23. The van der Waals surface area contributed by atoms with Crippen LogP contribution in [0.15, 0.2) is 48.5 Å². The maximum atomic E-state index is 5.87. The van der Waals surface area contributed by atoms with Crippen LogP contribution in [0.25, 0.3) is 5.69 Å². The van der Waals surface area contributed by atoms with Crippen molar-refractivity contribution in [1.29, 1.82) is 0 Å². The molecule has 1 aliphatic rings. The van der Waals surface area contributed by atoms with Crippen LogP contribution >= 0.6 is 12.2 Å². The smallest absolute Gasteiger partial charge is 0.230 e. The molecule has 0 unspecified atom stereocenters. The number of anilines is 1. The third-order valence-electron chi connectivity index (χ3n) is 5.49. The fourth-order valence-corrected chi connectivity index (χ4v) is 4.14. The maximum absolute atomic E-state index is 5.87. The van der Waals surface area contributed by atoms with Crippen LogP contribution in [0.1, 0.15) is 24.0 Å². The Morgan fingerprint density at radius 2 is 1.70 bits per heavy atom. The molecule has 1 aliphatic heterocycles. The van der Waals surface area contributed by atoms with Crippen LogP contribution in [0.3, 0.4) is 0 Å². The third-order valence-corrected chi connectivity index (χ3v) is 5.88. The van der Waals surface area contributed by atoms with Crippen LogP contribution in [-0.2, 0) is 13.2 Å². The van der Waals surface area contributed by atoms with Gasteiger partial charge in [0.15, 0.2) is 0 Å². The van der Waals surface area contributed by atoms with E-state index in [4.69, 9.17) is 22.1 Å². The summed E-state index contributed by atoms with van der Waals surface area (Å²) < 4.78 is 10.0. The van der Waals surface area contributed by atoms with Crippen LogP contribution in [-0.4, -0.2) is 46.5 Å². The summed E-state index contributed by atoms with van der Waals surface area (Å²) in [5, 5.41) is 4.94. The standard InChI is InChI=1S/C23H29N5OS/c1-18-6-10-20(11-7-18)28-22(26-14-4-5-15-26)24-27(23(28)30)17-25(2)16-19-8-12-21(29-3)13-9-19/h6-13H,4-5,14-17H2,1-3H3. The molecule has 0 amide bonds. The maximum Gasteiger partial charge on any atom is 0.230 e. The Bertz CT molecular complexity index is 1030. The molecule has 0 bridgehead atoms. The highest BCUT2D eigenvalue weighted by molar-refractivity contribution is 7.71. The summed E-state index contributed by atoms with van der Waals surface area (Å²) in [4.78, 5) is 4.56. The van der Waals surface area contributed by atoms with Crippen LogP contribution in [0.2, 0.25) is 0 Å². The molecule has 1 fully saturated rings. The Kier molecular flexibility index (Phi) is 6.20. The van der Waals surface area contributed by atoms with Crippen molar-refractivity contribution in [2.75, 3.05) is 32.1 Å². The van der Waals surface area contributed by atoms with Crippen molar-refractivity contribution in [1.82, 2.24) is 19.2 Å². The highest BCUT2D eigenvalue weighted by Crippen LogP contribution is 2.24. The van der Waals surface area contributed by atoms with E-state index in [1.807, 2.05) is 16.8 Å². The highest BCUT2D eigenvalue weighted by Gasteiger charge is 2.22. The normalized spacial score (nSPS) is 13.9. The molecule has 158 valence electrons. The summed E-state index contributed by atoms with van der Waals surface area (Å²) in [5.41, 5.74) is 3.53. The number of aryl methyl sites for hydroxylation is 1. The van der Waals surface area contributed by atoms with Gasteiger partial charge in [-0.15, -0.1) is 5.10 Å². The zero-order valence-electron chi connectivity index (χ0n) is 17.9. The van der Waals surface area contributed by atoms with E-state index in [1.165, 1.54) is 24.0 Å². The lowest BCUT2D eigenvalue weighted by Gasteiger charge is -2.17. The largest absolute Gasteiger partial charge is 0.497 e. The second-order valence-electron chi connectivity index (χ2n) is 7.95. The molecule has 0 saturated carbocycles. The number of aromatic nitrogens is 3. The second-order valence-corrected chi connectivity index (χ2v) is 8.32. The summed E-state index contributed by atoms with van der Waals surface area (Å²) in [7, 11) is 3.78. The van der Waals surface area contributed by atoms with Gasteiger partial charge in [-0.25, -0.2) is 4.68 Å². The molecule has 0 spiro atoms. The summed E-state index contributed by atoms with van der Waals surface area (Å²) in [6.45, 7) is 5.59. The number of nitrogens with zero attached hydrogens (tertiary/aromatic N) is 5. The predicted octanol–water partition coefficient (Wildman–Crippen LogP) is 4.41. The van der Waals surface area contributed by atoms with Gasteiger partial charge in [-0.3, -0.25) is 9.47 Å². The molecule has 2 heterocycles. The van der Waals surface area contributed by atoms with Crippen molar-refractivity contribution in [3.8, 4) is 11.4 Å². The first-order chi connectivity index (χ1) is 14.5. The van der Waals surface area contributed by atoms with Crippen molar-refractivity contribution in [2.24, 2.45) is 0 Å². The molecular formula is C23H29N5OS. The molecule has 0 radical (unpaired) electrons. The predicted molar refractivity (Wildman–Crippen MR) is 123 cm³/mol. The molecule has 1 aromatic heterocycles. The third kappa shape index (κ3) is 4.42. The van der Waals surface area contributed by atoms with E-state index in [1.54, 1.807) is 7.11 Å². The molecule has 0 atom stereocenters.